The molecule has 9 aromatic rings. The molecule has 9 rings (SSSR count). The van der Waals surface area contributed by atoms with Gasteiger partial charge in [-0.05, 0) is 161 Å². The largest absolute Gasteiger partial charge is 0.489 e. The molecule has 0 aliphatic heterocycles. The average Bonchev–Trinajstić information content (AvgIpc) is 1.74. The molecule has 0 radical (unpaired) electrons. The van der Waals surface area contributed by atoms with Crippen molar-refractivity contribution in [1.82, 2.24) is 17.5 Å². The maximum atomic E-state index is 13.1. The van der Waals surface area contributed by atoms with E-state index in [1.807, 2.05) is 72.8 Å². The van der Waals surface area contributed by atoms with Crippen LogP contribution < -0.4 is 34.3 Å². The predicted octanol–water partition coefficient (Wildman–Crippen LogP) is 29.8. The molecule has 2 atom stereocenters. The third-order valence-corrected chi connectivity index (χ3v) is 23.0. The maximum Gasteiger partial charge on any atom is 0.224 e. The molecule has 0 aliphatic rings. The fourth-order valence-electron chi connectivity index (χ4n) is 15.2. The summed E-state index contributed by atoms with van der Waals surface area (Å²) < 4.78 is 54.6. The fraction of sp³-hybridized carbons (Fsp3) is 0.520. The van der Waals surface area contributed by atoms with Gasteiger partial charge in [-0.3, -0.25) is 9.59 Å². The van der Waals surface area contributed by atoms with Crippen LogP contribution in [0.5, 0.6) is 28.7 Å². The lowest BCUT2D eigenvalue weighted by Crippen LogP contribution is -2.15. The smallest absolute Gasteiger partial charge is 0.224 e. The maximum absolute atomic E-state index is 13.1. The molecule has 2 N–H and O–H groups in total. The highest BCUT2D eigenvalue weighted by molar-refractivity contribution is 7.00. The van der Waals surface area contributed by atoms with Crippen molar-refractivity contribution in [2.45, 2.75) is 307 Å². The number of amides is 2. The first kappa shape index (κ1) is 90.5. The quantitative estimate of drug-likeness (QED) is 0.0276. The number of carbonyl (C=O) groups excluding carboxylic acids is 2. The second-order valence-corrected chi connectivity index (χ2v) is 33.8. The van der Waals surface area contributed by atoms with E-state index in [0.29, 0.717) is 73.2 Å². The van der Waals surface area contributed by atoms with Crippen LogP contribution in [-0.4, -0.2) is 49.1 Å². The number of nitrogens with zero attached hydrogens (tertiary/aromatic N) is 4. The van der Waals surface area contributed by atoms with Crippen molar-refractivity contribution < 1.29 is 33.3 Å². The topological polar surface area (TPSA) is 156 Å². The van der Waals surface area contributed by atoms with Gasteiger partial charge in [0.2, 0.25) is 17.6 Å². The Bertz CT molecular complexity index is 4090. The van der Waals surface area contributed by atoms with E-state index in [-0.39, 0.29) is 25.0 Å². The zero-order chi connectivity index (χ0) is 81.0. The second kappa shape index (κ2) is 51.6. The summed E-state index contributed by atoms with van der Waals surface area (Å²) in [6.07, 6.45) is 46.3. The highest BCUT2D eigenvalue weighted by atomic mass is 32.1. The Morgan fingerprint density at radius 2 is 0.617 bits per heavy atom. The number of anilines is 2. The van der Waals surface area contributed by atoms with Gasteiger partial charge in [0.25, 0.3) is 0 Å². The van der Waals surface area contributed by atoms with Crippen LogP contribution in [0, 0.1) is 11.8 Å². The molecule has 0 spiro atoms. The standard InChI is InChI=1S/C100H136N6O7S2/c1-10-13-16-19-22-25-28-31-34-37-66-109-98-82(72-112-86-58-50-80(51-59-86)90-64-62-88(94-96(90)105-114-103-94)78-46-54-84(55-47-78)101-92(107)69-76(8)44-40-42-74(4)5)71-83(99(110-67-38-35-32-29-26-23-20-17-14-11-2)100(98)111-68-39-36-33-30-27-24-21-18-15-12-3)73-113-87-60-52-81(53-61-87)91-65-63-89(95-97(91)106-115-104-95)79-48-56-85(57-49-79)102-93(108)70-77(9)45-41-43-75(6)7/h42-43,46-65,71,76-77H,10-41,44-45,66-70,72-73H2,1-9H3,(H,101,107)(H,102,108)/t76-,77-/m1/s1. The van der Waals surface area contributed by atoms with Gasteiger partial charge < -0.3 is 34.3 Å². The van der Waals surface area contributed by atoms with Gasteiger partial charge in [-0.2, -0.15) is 17.5 Å². The molecule has 0 saturated heterocycles. The van der Waals surface area contributed by atoms with Crippen LogP contribution in [0.2, 0.25) is 0 Å². The highest BCUT2D eigenvalue weighted by Gasteiger charge is 2.26. The Morgan fingerprint density at radius 1 is 0.348 bits per heavy atom. The Balaban J connectivity index is 0.970. The lowest BCUT2D eigenvalue weighted by atomic mass is 9.97. The summed E-state index contributed by atoms with van der Waals surface area (Å²) >= 11 is 2.43. The zero-order valence-corrected chi connectivity index (χ0v) is 73.0. The van der Waals surface area contributed by atoms with Crippen molar-refractivity contribution in [1.29, 1.82) is 0 Å². The number of nitrogens with one attached hydrogen (secondary N) is 2. The summed E-state index contributed by atoms with van der Waals surface area (Å²) in [6, 6.07) is 43.4. The number of fused-ring (bicyclic) bond motifs is 2. The first-order chi connectivity index (χ1) is 56.3. The number of ether oxygens (including phenoxy) is 5. The summed E-state index contributed by atoms with van der Waals surface area (Å²) in [4.78, 5) is 26.1. The Morgan fingerprint density at radius 3 is 0.904 bits per heavy atom. The molecule has 2 aromatic heterocycles. The van der Waals surface area contributed by atoms with Gasteiger partial charge in [-0.25, -0.2) is 0 Å². The van der Waals surface area contributed by atoms with Crippen LogP contribution in [0.25, 0.3) is 66.6 Å². The molecule has 2 heterocycles. The molecular formula is C100H136N6O7S2. The second-order valence-electron chi connectivity index (χ2n) is 32.7. The normalized spacial score (nSPS) is 11.9. The molecule has 115 heavy (non-hydrogen) atoms. The SMILES string of the molecule is CCCCCCCCCCCCOc1c(COc2ccc(-c3ccc(-c4ccc(NC(=O)C[C@H](C)CCC=C(C)C)cc4)c4nsnc34)cc2)cc(COc2ccc(-c3ccc(-c4ccc(NC(=O)C[C@H](C)CCC=C(C)C)cc4)c4nsnc34)cc2)c(OCCCCCCCCCCCC)c1OCCCCCCCCCCCC. The molecule has 0 unspecified atom stereocenters. The number of hydrogen-bond donors (Lipinski definition) is 2. The van der Waals surface area contributed by atoms with Crippen LogP contribution in [0.4, 0.5) is 11.4 Å². The van der Waals surface area contributed by atoms with Crippen molar-refractivity contribution in [3.63, 3.8) is 0 Å². The summed E-state index contributed by atoms with van der Waals surface area (Å²) in [7, 11) is 0. The van der Waals surface area contributed by atoms with Gasteiger partial charge in [0.05, 0.1) is 43.3 Å². The number of benzene rings is 7. The van der Waals surface area contributed by atoms with Crippen molar-refractivity contribution in [3.8, 4) is 73.3 Å². The van der Waals surface area contributed by atoms with Gasteiger partial charge in [0.1, 0.15) is 46.8 Å². The summed E-state index contributed by atoms with van der Waals surface area (Å²) in [5.41, 5.74) is 17.2. The molecule has 620 valence electrons. The lowest BCUT2D eigenvalue weighted by Gasteiger charge is -2.23. The Labute approximate surface area is 699 Å². The van der Waals surface area contributed by atoms with Gasteiger partial charge >= 0.3 is 0 Å². The monoisotopic (exact) mass is 1600 g/mol. The first-order valence-corrected chi connectivity index (χ1v) is 45.9. The molecule has 0 aliphatic carbocycles. The molecule has 0 saturated carbocycles. The van der Waals surface area contributed by atoms with E-state index in [9.17, 15) is 9.59 Å². The van der Waals surface area contributed by atoms with E-state index in [1.165, 1.54) is 189 Å². The fourth-order valence-corrected chi connectivity index (χ4v) is 16.3. The van der Waals surface area contributed by atoms with E-state index in [4.69, 9.17) is 41.2 Å². The van der Waals surface area contributed by atoms with Crippen molar-refractivity contribution in [3.05, 3.63) is 162 Å². The minimum Gasteiger partial charge on any atom is -0.489 e. The van der Waals surface area contributed by atoms with Crippen molar-refractivity contribution in [2.24, 2.45) is 11.8 Å². The number of allylic oxidation sites excluding steroid dienone is 4. The molecule has 0 bridgehead atoms. The summed E-state index contributed by atoms with van der Waals surface area (Å²) in [5, 5.41) is 6.24. The predicted molar refractivity (Wildman–Crippen MR) is 486 cm³/mol. The van der Waals surface area contributed by atoms with Crippen LogP contribution in [0.3, 0.4) is 0 Å². The molecular weight excluding hydrogens is 1460 g/mol. The first-order valence-electron chi connectivity index (χ1n) is 44.4. The van der Waals surface area contributed by atoms with E-state index in [0.717, 1.165) is 153 Å². The number of hydrogen-bond acceptors (Lipinski definition) is 13. The number of aromatic nitrogens is 4. The lowest BCUT2D eigenvalue weighted by molar-refractivity contribution is -0.117. The summed E-state index contributed by atoms with van der Waals surface area (Å²) in [5.74, 6) is 4.08. The van der Waals surface area contributed by atoms with Crippen LogP contribution in [-0.2, 0) is 22.8 Å². The zero-order valence-electron chi connectivity index (χ0n) is 71.4. The number of carbonyl (C=O) groups is 2. The van der Waals surface area contributed by atoms with Gasteiger partial charge in [-0.15, -0.1) is 0 Å². The number of unbranched alkanes of at least 4 members (excludes halogenated alkanes) is 27. The van der Waals surface area contributed by atoms with E-state index in [1.54, 1.807) is 0 Å². The third kappa shape index (κ3) is 31.2. The van der Waals surface area contributed by atoms with E-state index in [2.05, 4.69) is 140 Å². The minimum absolute atomic E-state index is 0.0309. The Hall–Kier alpha value is -8.40. The van der Waals surface area contributed by atoms with Crippen LogP contribution in [0.1, 0.15) is 305 Å². The number of rotatable bonds is 58. The molecule has 13 nitrogen and oxygen atoms in total. The van der Waals surface area contributed by atoms with Crippen molar-refractivity contribution >= 4 is 68.7 Å². The van der Waals surface area contributed by atoms with E-state index >= 15 is 0 Å². The van der Waals surface area contributed by atoms with Crippen LogP contribution >= 0.6 is 23.5 Å². The molecule has 7 aromatic carbocycles. The van der Waals surface area contributed by atoms with Crippen molar-refractivity contribution in [2.75, 3.05) is 30.5 Å². The Kier molecular flexibility index (Phi) is 40.6. The molecule has 0 fully saturated rings. The van der Waals surface area contributed by atoms with Gasteiger partial charge in [-0.1, -0.05) is 304 Å². The molecule has 2 amide bonds. The van der Waals surface area contributed by atoms with Gasteiger partial charge in [0, 0.05) is 57.6 Å². The minimum atomic E-state index is 0.0309. The highest BCUT2D eigenvalue weighted by Crippen LogP contribution is 2.46. The molecule has 15 heteroatoms. The van der Waals surface area contributed by atoms with Gasteiger partial charge in [0.15, 0.2) is 11.5 Å². The van der Waals surface area contributed by atoms with Crippen LogP contribution in [0.15, 0.2) is 151 Å². The summed E-state index contributed by atoms with van der Waals surface area (Å²) in [6.45, 7) is 21.7. The average molecular weight is 1600 g/mol. The third-order valence-electron chi connectivity index (χ3n) is 22.0. The van der Waals surface area contributed by atoms with E-state index < -0.39 is 0 Å².